The Bertz CT molecular complexity index is 1980. The van der Waals surface area contributed by atoms with Crippen molar-refractivity contribution >= 4 is 50.1 Å². The molecule has 0 bridgehead atoms. The Hall–Kier alpha value is -4.96. The van der Waals surface area contributed by atoms with Crippen molar-refractivity contribution < 1.29 is 19.1 Å². The summed E-state index contributed by atoms with van der Waals surface area (Å²) in [6.07, 6.45) is 2.39. The maximum Gasteiger partial charge on any atom is 0.362 e. The van der Waals surface area contributed by atoms with Crippen LogP contribution in [0.5, 0.6) is 5.75 Å². The number of aryl methyl sites for hydroxylation is 1. The Morgan fingerprint density at radius 2 is 1.85 bits per heavy atom. The first-order chi connectivity index (χ1) is 22.4. The van der Waals surface area contributed by atoms with Crippen molar-refractivity contribution in [3.63, 3.8) is 0 Å². The number of ether oxygens (including phenoxy) is 2. The normalized spacial score (nSPS) is 20.6. The number of hydrogen-bond acceptors (Lipinski definition) is 8. The molecule has 8 rings (SSSR count). The lowest BCUT2D eigenvalue weighted by molar-refractivity contribution is -0.0205. The van der Waals surface area contributed by atoms with Gasteiger partial charge in [0.05, 0.1) is 22.5 Å². The van der Waals surface area contributed by atoms with Gasteiger partial charge in [-0.3, -0.25) is 10.2 Å². The molecule has 2 unspecified atom stereocenters. The van der Waals surface area contributed by atoms with Crippen LogP contribution in [0.15, 0.2) is 78.9 Å². The van der Waals surface area contributed by atoms with Crippen molar-refractivity contribution in [1.82, 2.24) is 9.97 Å². The van der Waals surface area contributed by atoms with Crippen molar-refractivity contribution in [3.05, 3.63) is 95.7 Å². The first-order valence-electron chi connectivity index (χ1n) is 15.7. The Kier molecular flexibility index (Phi) is 6.90. The Balaban J connectivity index is 1.09. The third-order valence-electron chi connectivity index (χ3n) is 9.20. The molecule has 232 valence electrons. The highest BCUT2D eigenvalue weighted by Gasteiger charge is 2.44. The summed E-state index contributed by atoms with van der Waals surface area (Å²) in [7, 11) is 0. The number of pyridine rings is 1. The number of rotatable bonds is 2. The quantitative estimate of drug-likeness (QED) is 0.200. The molecule has 3 aromatic carbocycles. The van der Waals surface area contributed by atoms with Crippen molar-refractivity contribution in [2.24, 2.45) is 0 Å². The van der Waals surface area contributed by atoms with Gasteiger partial charge in [-0.25, -0.2) is 19.6 Å². The molecule has 2 atom stereocenters. The number of carbonyl (C=O) groups excluding carboxylic acids is 2. The Labute approximate surface area is 270 Å². The van der Waals surface area contributed by atoms with Crippen LogP contribution in [0.1, 0.15) is 54.2 Å². The minimum atomic E-state index is -0.851. The molecule has 0 saturated heterocycles. The molecule has 3 aliphatic rings. The zero-order chi connectivity index (χ0) is 31.4. The summed E-state index contributed by atoms with van der Waals surface area (Å²) in [6, 6.07) is 25.5. The van der Waals surface area contributed by atoms with Crippen LogP contribution in [0.25, 0.3) is 21.5 Å². The third-order valence-corrected chi connectivity index (χ3v) is 10.2. The molecule has 2 amide bonds. The molecule has 0 spiro atoms. The van der Waals surface area contributed by atoms with Gasteiger partial charge in [0.15, 0.2) is 22.3 Å². The summed E-state index contributed by atoms with van der Waals surface area (Å²) >= 11 is 1.45. The maximum atomic E-state index is 13.8. The fourth-order valence-electron chi connectivity index (χ4n) is 7.04. The molecule has 1 N–H and O–H groups in total. The van der Waals surface area contributed by atoms with Gasteiger partial charge >= 0.3 is 12.0 Å². The minimum Gasteiger partial charge on any atom is -0.489 e. The smallest absolute Gasteiger partial charge is 0.362 e. The van der Waals surface area contributed by atoms with Gasteiger partial charge in [-0.05, 0) is 73.2 Å². The topological polar surface area (TPSA) is 96.9 Å². The zero-order valence-electron chi connectivity index (χ0n) is 25.7. The molecule has 0 aliphatic carbocycles. The maximum absolute atomic E-state index is 13.8. The number of aromatic nitrogens is 2. The van der Waals surface area contributed by atoms with Gasteiger partial charge in [-0.1, -0.05) is 60.7 Å². The molecule has 10 heteroatoms. The lowest BCUT2D eigenvalue weighted by atomic mass is 9.85. The lowest BCUT2D eigenvalue weighted by Gasteiger charge is -2.47. The molecular formula is C36H33N5O4S. The number of carbonyl (C=O) groups is 2. The molecule has 46 heavy (non-hydrogen) atoms. The number of thiazole rings is 1. The third kappa shape index (κ3) is 4.93. The van der Waals surface area contributed by atoms with E-state index in [0.717, 1.165) is 45.6 Å². The van der Waals surface area contributed by atoms with E-state index in [2.05, 4.69) is 34.3 Å². The number of amides is 2. The van der Waals surface area contributed by atoms with E-state index in [0.29, 0.717) is 42.7 Å². The largest absolute Gasteiger partial charge is 0.489 e. The van der Waals surface area contributed by atoms with E-state index < -0.39 is 11.7 Å². The number of fused-ring (bicyclic) bond motifs is 6. The van der Waals surface area contributed by atoms with Gasteiger partial charge in [0.1, 0.15) is 6.61 Å². The number of anilines is 3. The van der Waals surface area contributed by atoms with Crippen LogP contribution in [-0.2, 0) is 11.2 Å². The van der Waals surface area contributed by atoms with E-state index in [9.17, 15) is 9.59 Å². The number of hydrogen-bond donors (Lipinski definition) is 1. The van der Waals surface area contributed by atoms with Gasteiger partial charge in [0.25, 0.3) is 0 Å². The second kappa shape index (κ2) is 11.1. The number of para-hydroxylation sites is 2. The first-order valence-corrected chi connectivity index (χ1v) is 16.5. The summed E-state index contributed by atoms with van der Waals surface area (Å²) < 4.78 is 13.5. The minimum absolute atomic E-state index is 0.148. The molecular weight excluding hydrogens is 598 g/mol. The summed E-state index contributed by atoms with van der Waals surface area (Å²) in [5.41, 5.74) is 5.76. The Morgan fingerprint density at radius 1 is 1.00 bits per heavy atom. The number of urea groups is 1. The second-order valence-electron chi connectivity index (χ2n) is 12.3. The first kappa shape index (κ1) is 28.5. The van der Waals surface area contributed by atoms with Gasteiger partial charge in [0, 0.05) is 29.9 Å². The second-order valence-corrected chi connectivity index (χ2v) is 13.3. The number of nitrogens with zero attached hydrogens (tertiary/aromatic N) is 4. The molecule has 5 aromatic rings. The van der Waals surface area contributed by atoms with Gasteiger partial charge in [-0.15, -0.1) is 0 Å². The van der Waals surface area contributed by atoms with Crippen LogP contribution < -0.4 is 19.9 Å². The monoisotopic (exact) mass is 631 g/mol. The van der Waals surface area contributed by atoms with Crippen molar-refractivity contribution in [1.29, 1.82) is 0 Å². The molecule has 0 radical (unpaired) electrons. The predicted octanol–water partition coefficient (Wildman–Crippen LogP) is 7.62. The van der Waals surface area contributed by atoms with E-state index in [1.54, 1.807) is 11.0 Å². The molecule has 0 fully saturated rings. The van der Waals surface area contributed by atoms with E-state index >= 15 is 0 Å². The lowest BCUT2D eigenvalue weighted by Crippen LogP contribution is -2.54. The molecule has 0 saturated carbocycles. The number of benzene rings is 3. The molecule has 2 aromatic heterocycles. The number of nitrogens with one attached hydrogen (secondary N) is 1. The van der Waals surface area contributed by atoms with Crippen molar-refractivity contribution in [3.8, 4) is 17.0 Å². The van der Waals surface area contributed by atoms with E-state index in [1.807, 2.05) is 67.6 Å². The highest BCUT2D eigenvalue weighted by molar-refractivity contribution is 7.22. The van der Waals surface area contributed by atoms with E-state index in [4.69, 9.17) is 14.5 Å². The van der Waals surface area contributed by atoms with Crippen molar-refractivity contribution in [2.45, 2.75) is 44.8 Å². The van der Waals surface area contributed by atoms with Crippen LogP contribution in [0.2, 0.25) is 0 Å². The summed E-state index contributed by atoms with van der Waals surface area (Å²) in [4.78, 5) is 40.6. The van der Waals surface area contributed by atoms with Crippen LogP contribution >= 0.6 is 11.3 Å². The molecule has 3 aliphatic heterocycles. The van der Waals surface area contributed by atoms with Crippen molar-refractivity contribution in [2.75, 3.05) is 34.8 Å². The van der Waals surface area contributed by atoms with E-state index in [1.165, 1.54) is 16.9 Å². The fraction of sp³-hybridized carbons (Fsp3) is 0.278. The van der Waals surface area contributed by atoms with Crippen LogP contribution in [-0.4, -0.2) is 47.4 Å². The summed E-state index contributed by atoms with van der Waals surface area (Å²) in [5.74, 6) is 0.0944. The molecule has 5 heterocycles. The number of esters is 1. The van der Waals surface area contributed by atoms with Gasteiger partial charge in [-0.2, -0.15) is 0 Å². The predicted molar refractivity (Wildman–Crippen MR) is 180 cm³/mol. The van der Waals surface area contributed by atoms with Crippen LogP contribution in [0.4, 0.5) is 21.3 Å². The highest BCUT2D eigenvalue weighted by atomic mass is 32.1. The van der Waals surface area contributed by atoms with Gasteiger partial charge in [0.2, 0.25) is 0 Å². The molecule has 9 nitrogen and oxygen atoms in total. The zero-order valence-corrected chi connectivity index (χ0v) is 26.5. The summed E-state index contributed by atoms with van der Waals surface area (Å²) in [6.45, 7) is 5.67. The van der Waals surface area contributed by atoms with Crippen LogP contribution in [0.3, 0.4) is 0 Å². The standard InChI is InChI=1S/C36H33N5O4S/c1-22-21-36(2)41(28-11-5-3-9-25(22)28)18-19-44-30-16-15-26(37-32(30)33(42)45-36)24-14-13-23-8-7-17-40(29(23)20-24)35(43)39-34-38-27-10-4-6-12-31(27)46-34/h3-6,9-16,20,22H,7-8,17-19,21H2,1-2H3,(H,38,39,43). The summed E-state index contributed by atoms with van der Waals surface area (Å²) in [5, 5.41) is 3.56. The highest BCUT2D eigenvalue weighted by Crippen LogP contribution is 2.45. The van der Waals surface area contributed by atoms with Crippen LogP contribution in [0, 0.1) is 0 Å². The van der Waals surface area contributed by atoms with E-state index in [-0.39, 0.29) is 17.6 Å². The Morgan fingerprint density at radius 3 is 2.74 bits per heavy atom. The average Bonchev–Trinajstić information content (AvgIpc) is 3.49. The van der Waals surface area contributed by atoms with Gasteiger partial charge < -0.3 is 14.4 Å². The fourth-order valence-corrected chi connectivity index (χ4v) is 7.90. The SMILES string of the molecule is CC1CC2(C)OC(=O)c3nc(-c4ccc5c(c4)N(C(=O)Nc4nc6ccccc6s4)CCC5)ccc3OCCN2c2ccccc21. The average molecular weight is 632 g/mol.